The summed E-state index contributed by atoms with van der Waals surface area (Å²) in [6.07, 6.45) is 0. The summed E-state index contributed by atoms with van der Waals surface area (Å²) in [6, 6.07) is 12.6. The fourth-order valence-electron chi connectivity index (χ4n) is 2.65. The van der Waals surface area contributed by atoms with E-state index in [-0.39, 0.29) is 4.90 Å². The van der Waals surface area contributed by atoms with Crippen LogP contribution in [0, 0.1) is 0 Å². The maximum absolute atomic E-state index is 12.7. The Morgan fingerprint density at radius 3 is 2.29 bits per heavy atom. The van der Waals surface area contributed by atoms with Gasteiger partial charge in [-0.2, -0.15) is 8.67 Å². The maximum Gasteiger partial charge on any atom is 0.351 e. The van der Waals surface area contributed by atoms with E-state index in [1.54, 1.807) is 43.5 Å². The van der Waals surface area contributed by atoms with Gasteiger partial charge in [0.05, 0.1) is 12.0 Å². The summed E-state index contributed by atoms with van der Waals surface area (Å²) >= 11 is 5.82. The van der Waals surface area contributed by atoms with Crippen LogP contribution in [0.1, 0.15) is 0 Å². The van der Waals surface area contributed by atoms with E-state index in [0.29, 0.717) is 41.1 Å². The van der Waals surface area contributed by atoms with Crippen molar-refractivity contribution in [1.82, 2.24) is 4.31 Å². The molecule has 0 aliphatic carbocycles. The summed E-state index contributed by atoms with van der Waals surface area (Å²) in [7, 11) is -2.50. The van der Waals surface area contributed by atoms with Gasteiger partial charge in [-0.25, -0.2) is 13.2 Å². The molecule has 2 aromatic rings. The minimum Gasteiger partial charge on any atom is -0.497 e. The first kappa shape index (κ1) is 20.8. The number of nitrogens with one attached hydrogen (secondary N) is 1. The van der Waals surface area contributed by atoms with Gasteiger partial charge in [-0.1, -0.05) is 22.3 Å². The van der Waals surface area contributed by atoms with Crippen molar-refractivity contribution < 1.29 is 17.9 Å². The molecular weight excluding hydrogens is 422 g/mol. The summed E-state index contributed by atoms with van der Waals surface area (Å²) in [6.45, 7) is 0.654. The summed E-state index contributed by atoms with van der Waals surface area (Å²) in [5.41, 5.74) is 0.627. The highest BCUT2D eigenvalue weighted by Crippen LogP contribution is 2.20. The third-order valence-electron chi connectivity index (χ3n) is 4.16. The normalized spacial score (nSPS) is 15.8. The van der Waals surface area contributed by atoms with Crippen LogP contribution in [0.4, 0.5) is 10.5 Å². The van der Waals surface area contributed by atoms with Gasteiger partial charge < -0.3 is 10.1 Å². The van der Waals surface area contributed by atoms with Crippen molar-refractivity contribution in [2.45, 2.75) is 4.90 Å². The standard InChI is InChI=1S/C18H20ClN3O4S2/c1-26-16-6-4-15(5-7-16)20-18(23)21-27-12-10-22(11-13-27)28(24,25)17-8-2-14(19)3-9-17/h2-9H,10-13H2,1H3,(H,20,23). The largest absolute Gasteiger partial charge is 0.497 e. The number of ether oxygens (including phenoxy) is 1. The second-order valence-electron chi connectivity index (χ2n) is 5.98. The molecule has 1 aliphatic rings. The van der Waals surface area contributed by atoms with Gasteiger partial charge in [-0.15, -0.1) is 0 Å². The molecule has 2 aromatic carbocycles. The Morgan fingerprint density at radius 1 is 1.11 bits per heavy atom. The van der Waals surface area contributed by atoms with Gasteiger partial charge in [0.2, 0.25) is 10.0 Å². The van der Waals surface area contributed by atoms with Crippen molar-refractivity contribution in [1.29, 1.82) is 0 Å². The van der Waals surface area contributed by atoms with Gasteiger partial charge in [0.25, 0.3) is 0 Å². The highest BCUT2D eigenvalue weighted by molar-refractivity contribution is 7.90. The van der Waals surface area contributed by atoms with E-state index in [0.717, 1.165) is 0 Å². The van der Waals surface area contributed by atoms with Crippen LogP contribution in [0.15, 0.2) is 57.8 Å². The van der Waals surface area contributed by atoms with Crippen molar-refractivity contribution in [3.63, 3.8) is 0 Å². The second-order valence-corrected chi connectivity index (χ2v) is 10.3. The minimum absolute atomic E-state index is 0.216. The van der Waals surface area contributed by atoms with Gasteiger partial charge in [0, 0.05) is 35.3 Å². The molecule has 7 nitrogen and oxygen atoms in total. The van der Waals surface area contributed by atoms with Crippen molar-refractivity contribution >= 4 is 44.0 Å². The second kappa shape index (κ2) is 9.04. The number of amides is 2. The lowest BCUT2D eigenvalue weighted by atomic mass is 10.3. The number of carbonyl (C=O) groups excluding carboxylic acids is 1. The Balaban J connectivity index is 1.59. The number of halogens is 1. The van der Waals surface area contributed by atoms with Crippen LogP contribution in [-0.2, 0) is 20.7 Å². The average Bonchev–Trinajstić information content (AvgIpc) is 2.69. The van der Waals surface area contributed by atoms with Gasteiger partial charge >= 0.3 is 6.03 Å². The average molecular weight is 442 g/mol. The van der Waals surface area contributed by atoms with E-state index in [4.69, 9.17) is 16.3 Å². The molecule has 1 fully saturated rings. The first-order chi connectivity index (χ1) is 13.4. The number of methoxy groups -OCH3 is 1. The number of nitrogens with zero attached hydrogens (tertiary/aromatic N) is 2. The first-order valence-electron chi connectivity index (χ1n) is 8.48. The Labute approximate surface area is 171 Å². The molecule has 2 amide bonds. The van der Waals surface area contributed by atoms with Gasteiger partial charge in [0.15, 0.2) is 0 Å². The smallest absolute Gasteiger partial charge is 0.351 e. The first-order valence-corrected chi connectivity index (χ1v) is 11.8. The number of hydrogen-bond donors (Lipinski definition) is 1. The fourth-order valence-corrected chi connectivity index (χ4v) is 5.98. The molecular formula is C18H20ClN3O4S2. The molecule has 0 spiro atoms. The van der Waals surface area contributed by atoms with Gasteiger partial charge in [0.1, 0.15) is 5.75 Å². The van der Waals surface area contributed by atoms with E-state index in [1.165, 1.54) is 16.4 Å². The van der Waals surface area contributed by atoms with Crippen LogP contribution in [-0.4, -0.2) is 50.5 Å². The Bertz CT molecular complexity index is 967. The van der Waals surface area contributed by atoms with Crippen LogP contribution in [0.25, 0.3) is 0 Å². The molecule has 0 atom stereocenters. The molecule has 0 aromatic heterocycles. The highest BCUT2D eigenvalue weighted by Gasteiger charge is 2.27. The van der Waals surface area contributed by atoms with E-state index >= 15 is 0 Å². The van der Waals surface area contributed by atoms with E-state index < -0.39 is 26.7 Å². The number of rotatable bonds is 4. The molecule has 10 heteroatoms. The van der Waals surface area contributed by atoms with Crippen molar-refractivity contribution in [3.8, 4) is 5.75 Å². The third-order valence-corrected chi connectivity index (χ3v) is 8.05. The minimum atomic E-state index is -3.56. The number of hydrogen-bond acceptors (Lipinski definition) is 4. The molecule has 1 heterocycles. The lowest BCUT2D eigenvalue weighted by Crippen LogP contribution is -2.41. The van der Waals surface area contributed by atoms with E-state index in [9.17, 15) is 13.2 Å². The Hall–Kier alpha value is -1.94. The summed E-state index contributed by atoms with van der Waals surface area (Å²) in [5, 5.41) is 3.20. The quantitative estimate of drug-likeness (QED) is 0.787. The van der Waals surface area contributed by atoms with Crippen molar-refractivity contribution in [3.05, 3.63) is 53.6 Å². The highest BCUT2D eigenvalue weighted by atomic mass is 35.5. The van der Waals surface area contributed by atoms with Crippen LogP contribution < -0.4 is 10.1 Å². The lowest BCUT2D eigenvalue weighted by Gasteiger charge is -2.27. The predicted molar refractivity (Wildman–Crippen MR) is 112 cm³/mol. The molecule has 1 saturated heterocycles. The zero-order valence-corrected chi connectivity index (χ0v) is 17.6. The molecule has 0 bridgehead atoms. The topological polar surface area (TPSA) is 88.1 Å². The molecule has 0 radical (unpaired) electrons. The SMILES string of the molecule is COc1ccc(NC(=O)N=S2CCN(S(=O)(=O)c3ccc(Cl)cc3)CC2)cc1. The lowest BCUT2D eigenvalue weighted by molar-refractivity contribution is 0.260. The van der Waals surface area contributed by atoms with Crippen molar-refractivity contribution in [2.75, 3.05) is 37.0 Å². The summed E-state index contributed by atoms with van der Waals surface area (Å²) < 4.78 is 36.1. The third kappa shape index (κ3) is 5.11. The molecule has 150 valence electrons. The van der Waals surface area contributed by atoms with Crippen LogP contribution >= 0.6 is 11.6 Å². The monoisotopic (exact) mass is 441 g/mol. The number of benzene rings is 2. The fraction of sp³-hybridized carbons (Fsp3) is 0.278. The summed E-state index contributed by atoms with van der Waals surface area (Å²) in [4.78, 5) is 12.3. The molecule has 0 unspecified atom stereocenters. The van der Waals surface area contributed by atoms with E-state index in [2.05, 4.69) is 9.68 Å². The molecule has 3 rings (SSSR count). The molecule has 0 saturated carbocycles. The molecule has 1 aliphatic heterocycles. The van der Waals surface area contributed by atoms with Gasteiger partial charge in [-0.3, -0.25) is 0 Å². The molecule has 28 heavy (non-hydrogen) atoms. The van der Waals surface area contributed by atoms with Gasteiger partial charge in [-0.05, 0) is 48.5 Å². The zero-order chi connectivity index (χ0) is 20.1. The Morgan fingerprint density at radius 2 is 1.71 bits per heavy atom. The van der Waals surface area contributed by atoms with E-state index in [1.807, 2.05) is 0 Å². The number of urea groups is 1. The molecule has 1 N–H and O–H groups in total. The summed E-state index contributed by atoms with van der Waals surface area (Å²) in [5.74, 6) is 1.73. The maximum atomic E-state index is 12.7. The van der Waals surface area contributed by atoms with Crippen LogP contribution in [0.3, 0.4) is 0 Å². The van der Waals surface area contributed by atoms with Crippen molar-refractivity contribution in [2.24, 2.45) is 4.36 Å². The Kier molecular flexibility index (Phi) is 6.71. The number of anilines is 1. The number of carbonyl (C=O) groups is 1. The number of sulfonamides is 1. The van der Waals surface area contributed by atoms with Crippen LogP contribution in [0.5, 0.6) is 5.75 Å². The van der Waals surface area contributed by atoms with Crippen LogP contribution in [0.2, 0.25) is 5.02 Å². The predicted octanol–water partition coefficient (Wildman–Crippen LogP) is 3.39. The zero-order valence-electron chi connectivity index (χ0n) is 15.2.